The predicted octanol–water partition coefficient (Wildman–Crippen LogP) is 3.12. The Bertz CT molecular complexity index is 915. The molecule has 0 bridgehead atoms. The molecular weight excluding hydrogens is 352 g/mol. The van der Waals surface area contributed by atoms with E-state index in [9.17, 15) is 4.79 Å². The average molecular weight is 370 g/mol. The van der Waals surface area contributed by atoms with Crippen molar-refractivity contribution in [1.82, 2.24) is 10.1 Å². The van der Waals surface area contributed by atoms with Crippen molar-refractivity contribution in [2.75, 3.05) is 21.3 Å². The van der Waals surface area contributed by atoms with Crippen molar-refractivity contribution in [3.63, 3.8) is 0 Å². The molecule has 0 saturated heterocycles. The minimum atomic E-state index is -0.562. The smallest absolute Gasteiger partial charge is 0.338 e. The summed E-state index contributed by atoms with van der Waals surface area (Å²) in [6.45, 7) is -0.157. The Hall–Kier alpha value is -3.55. The number of esters is 1. The van der Waals surface area contributed by atoms with E-state index in [0.29, 0.717) is 28.6 Å². The summed E-state index contributed by atoms with van der Waals surface area (Å²) in [6, 6.07) is 12.0. The Morgan fingerprint density at radius 2 is 1.67 bits per heavy atom. The molecule has 3 rings (SSSR count). The molecular formula is C19H18N2O6. The van der Waals surface area contributed by atoms with Gasteiger partial charge >= 0.3 is 5.97 Å². The highest BCUT2D eigenvalue weighted by atomic mass is 16.6. The molecule has 0 aliphatic carbocycles. The SMILES string of the molecule is COc1cc(OC)cc(C(=O)OCc2nc(-c3cccc(OC)c3)no2)c1. The van der Waals surface area contributed by atoms with E-state index in [-0.39, 0.29) is 12.5 Å². The number of ether oxygens (including phenoxy) is 4. The second-order valence-corrected chi connectivity index (χ2v) is 5.42. The lowest BCUT2D eigenvalue weighted by Crippen LogP contribution is -2.06. The molecule has 0 saturated carbocycles. The maximum atomic E-state index is 12.3. The van der Waals surface area contributed by atoms with Gasteiger partial charge < -0.3 is 23.5 Å². The van der Waals surface area contributed by atoms with Gasteiger partial charge in [0.15, 0.2) is 6.61 Å². The fourth-order valence-corrected chi connectivity index (χ4v) is 2.33. The second kappa shape index (κ2) is 8.22. The Morgan fingerprint density at radius 3 is 2.33 bits per heavy atom. The molecule has 0 radical (unpaired) electrons. The van der Waals surface area contributed by atoms with Gasteiger partial charge in [-0.1, -0.05) is 17.3 Å². The zero-order chi connectivity index (χ0) is 19.2. The van der Waals surface area contributed by atoms with Crippen LogP contribution in [-0.4, -0.2) is 37.4 Å². The van der Waals surface area contributed by atoms with Crippen molar-refractivity contribution >= 4 is 5.97 Å². The summed E-state index contributed by atoms with van der Waals surface area (Å²) < 4.78 is 25.8. The van der Waals surface area contributed by atoms with Gasteiger partial charge in [0.25, 0.3) is 5.89 Å². The summed E-state index contributed by atoms with van der Waals surface area (Å²) in [7, 11) is 4.58. The van der Waals surface area contributed by atoms with Crippen LogP contribution in [-0.2, 0) is 11.3 Å². The lowest BCUT2D eigenvalue weighted by atomic mass is 10.2. The summed E-state index contributed by atoms with van der Waals surface area (Å²) >= 11 is 0. The lowest BCUT2D eigenvalue weighted by Gasteiger charge is -2.07. The molecule has 0 atom stereocenters. The molecule has 0 spiro atoms. The number of benzene rings is 2. The topological polar surface area (TPSA) is 92.9 Å². The van der Waals surface area contributed by atoms with Crippen molar-refractivity contribution in [3.05, 3.63) is 53.9 Å². The van der Waals surface area contributed by atoms with Crippen LogP contribution in [0.3, 0.4) is 0 Å². The maximum absolute atomic E-state index is 12.3. The molecule has 0 fully saturated rings. The molecule has 0 aliphatic rings. The highest BCUT2D eigenvalue weighted by Gasteiger charge is 2.15. The molecule has 0 N–H and O–H groups in total. The molecule has 8 heteroatoms. The van der Waals surface area contributed by atoms with Crippen LogP contribution in [0.2, 0.25) is 0 Å². The van der Waals surface area contributed by atoms with E-state index in [4.69, 9.17) is 23.5 Å². The van der Waals surface area contributed by atoms with Gasteiger partial charge in [-0.2, -0.15) is 4.98 Å². The van der Waals surface area contributed by atoms with Gasteiger partial charge in [-0.3, -0.25) is 0 Å². The van der Waals surface area contributed by atoms with Crippen molar-refractivity contribution in [2.24, 2.45) is 0 Å². The van der Waals surface area contributed by atoms with Gasteiger partial charge in [0.2, 0.25) is 5.82 Å². The number of carbonyl (C=O) groups excluding carboxylic acids is 1. The number of nitrogens with zero attached hydrogens (tertiary/aromatic N) is 2. The van der Waals surface area contributed by atoms with Crippen LogP contribution in [0.1, 0.15) is 16.2 Å². The van der Waals surface area contributed by atoms with E-state index in [2.05, 4.69) is 10.1 Å². The van der Waals surface area contributed by atoms with E-state index in [1.54, 1.807) is 31.4 Å². The Morgan fingerprint density at radius 1 is 0.963 bits per heavy atom. The summed E-state index contributed by atoms with van der Waals surface area (Å²) in [5, 5.41) is 3.89. The van der Waals surface area contributed by atoms with Gasteiger partial charge in [-0.15, -0.1) is 0 Å². The van der Waals surface area contributed by atoms with Crippen molar-refractivity contribution < 1.29 is 28.3 Å². The van der Waals surface area contributed by atoms with Gasteiger partial charge in [-0.25, -0.2) is 4.79 Å². The lowest BCUT2D eigenvalue weighted by molar-refractivity contribution is 0.0429. The molecule has 1 heterocycles. The Labute approximate surface area is 155 Å². The van der Waals surface area contributed by atoms with Crippen LogP contribution in [0.5, 0.6) is 17.2 Å². The normalized spacial score (nSPS) is 10.3. The fraction of sp³-hybridized carbons (Fsp3) is 0.211. The summed E-state index contributed by atoms with van der Waals surface area (Å²) in [5.74, 6) is 1.64. The number of methoxy groups -OCH3 is 3. The third-order valence-electron chi connectivity index (χ3n) is 3.71. The summed E-state index contributed by atoms with van der Waals surface area (Å²) in [5.41, 5.74) is 1.02. The first-order valence-electron chi connectivity index (χ1n) is 8.00. The standard InChI is InChI=1S/C19H18N2O6/c1-23-14-6-4-5-12(7-14)18-20-17(27-21-18)11-26-19(22)13-8-15(24-2)10-16(9-13)25-3/h4-10H,11H2,1-3H3. The number of hydrogen-bond donors (Lipinski definition) is 0. The van der Waals surface area contributed by atoms with Gasteiger partial charge in [0.05, 0.1) is 26.9 Å². The number of aromatic nitrogens is 2. The molecule has 3 aromatic rings. The molecule has 8 nitrogen and oxygen atoms in total. The first-order chi connectivity index (χ1) is 13.1. The second-order valence-electron chi connectivity index (χ2n) is 5.42. The van der Waals surface area contributed by atoms with Gasteiger partial charge in [0, 0.05) is 11.6 Å². The van der Waals surface area contributed by atoms with Crippen LogP contribution in [0.25, 0.3) is 11.4 Å². The molecule has 2 aromatic carbocycles. The van der Waals surface area contributed by atoms with E-state index < -0.39 is 5.97 Å². The van der Waals surface area contributed by atoms with Crippen molar-refractivity contribution in [2.45, 2.75) is 6.61 Å². The Balaban J connectivity index is 1.68. The monoisotopic (exact) mass is 370 g/mol. The third-order valence-corrected chi connectivity index (χ3v) is 3.71. The molecule has 0 unspecified atom stereocenters. The van der Waals surface area contributed by atoms with Crippen LogP contribution in [0.4, 0.5) is 0 Å². The van der Waals surface area contributed by atoms with Crippen molar-refractivity contribution in [3.8, 4) is 28.6 Å². The molecule has 0 aliphatic heterocycles. The van der Waals surface area contributed by atoms with Gasteiger partial charge in [0.1, 0.15) is 17.2 Å². The third kappa shape index (κ3) is 4.35. The number of rotatable bonds is 7. The highest BCUT2D eigenvalue weighted by Crippen LogP contribution is 2.24. The molecule has 27 heavy (non-hydrogen) atoms. The zero-order valence-electron chi connectivity index (χ0n) is 15.1. The number of carbonyl (C=O) groups is 1. The van der Waals surface area contributed by atoms with Crippen LogP contribution < -0.4 is 14.2 Å². The zero-order valence-corrected chi connectivity index (χ0v) is 15.1. The van der Waals surface area contributed by atoms with Crippen molar-refractivity contribution in [1.29, 1.82) is 0 Å². The first kappa shape index (κ1) is 18.2. The largest absolute Gasteiger partial charge is 0.497 e. The minimum absolute atomic E-state index is 0.157. The quantitative estimate of drug-likeness (QED) is 0.586. The number of hydrogen-bond acceptors (Lipinski definition) is 8. The van der Waals surface area contributed by atoms with E-state index >= 15 is 0 Å². The molecule has 1 aromatic heterocycles. The molecule has 140 valence electrons. The molecule has 0 amide bonds. The first-order valence-corrected chi connectivity index (χ1v) is 8.00. The van der Waals surface area contributed by atoms with E-state index in [0.717, 1.165) is 5.56 Å². The van der Waals surface area contributed by atoms with Gasteiger partial charge in [-0.05, 0) is 24.3 Å². The predicted molar refractivity (Wildman–Crippen MR) is 95.0 cm³/mol. The highest BCUT2D eigenvalue weighted by molar-refractivity contribution is 5.90. The summed E-state index contributed by atoms with van der Waals surface area (Å²) in [4.78, 5) is 16.5. The Kier molecular flexibility index (Phi) is 5.55. The summed E-state index contributed by atoms with van der Waals surface area (Å²) in [6.07, 6.45) is 0. The van der Waals surface area contributed by atoms with E-state index in [1.807, 2.05) is 18.2 Å². The maximum Gasteiger partial charge on any atom is 0.338 e. The van der Waals surface area contributed by atoms with Crippen LogP contribution in [0, 0.1) is 0 Å². The average Bonchev–Trinajstić information content (AvgIpc) is 3.20. The fourth-order valence-electron chi connectivity index (χ4n) is 2.33. The minimum Gasteiger partial charge on any atom is -0.497 e. The van der Waals surface area contributed by atoms with E-state index in [1.165, 1.54) is 14.2 Å². The van der Waals surface area contributed by atoms with Crippen LogP contribution >= 0.6 is 0 Å². The van der Waals surface area contributed by atoms with Crippen LogP contribution in [0.15, 0.2) is 47.0 Å².